The molecule has 23 N–H and O–H groups in total. The summed E-state index contributed by atoms with van der Waals surface area (Å²) in [6, 6.07) is -3.85. The number of phenols is 1. The Hall–Kier alpha value is -14.1. The zero-order valence-electron chi connectivity index (χ0n) is 75.7. The highest BCUT2D eigenvalue weighted by Gasteiger charge is 2.47. The summed E-state index contributed by atoms with van der Waals surface area (Å²) in [5.74, 6) is -21.0. The molecule has 45 nitrogen and oxygen atoms in total. The molecule has 15 atom stereocenters. The number of H-pyrrole nitrogens is 3. The summed E-state index contributed by atoms with van der Waals surface area (Å²) in [7, 11) is 3.74. The van der Waals surface area contributed by atoms with E-state index >= 15 is 38.4 Å². The number of nitrogens with zero attached hydrogens (tertiary/aromatic N) is 6. The van der Waals surface area contributed by atoms with Crippen LogP contribution in [-0.4, -0.2) is 327 Å². The average molecular weight is 1900 g/mol. The van der Waals surface area contributed by atoms with Crippen molar-refractivity contribution in [3.8, 4) is 5.75 Å². The number of carbonyl (C=O) groups excluding carboxylic acids is 18. The van der Waals surface area contributed by atoms with Crippen LogP contribution in [0.4, 0.5) is 0 Å². The molecular formula is C89H120N22O23S. The van der Waals surface area contributed by atoms with Crippen LogP contribution < -0.4 is 70.4 Å². The number of aromatic nitrogens is 4. The summed E-state index contributed by atoms with van der Waals surface area (Å²) in [6.07, 6.45) is -0.0414. The van der Waals surface area contributed by atoms with E-state index in [1.807, 2.05) is 0 Å². The normalized spacial score (nSPS) is 24.7. The minimum atomic E-state index is -1.97. The molecule has 6 aromatic rings. The molecule has 0 unspecified atom stereocenters. The summed E-state index contributed by atoms with van der Waals surface area (Å²) in [5.41, 5.74) is 19.3. The molecule has 9 rings (SSSR count). The van der Waals surface area contributed by atoms with E-state index in [1.54, 1.807) is 74.8 Å². The fraction of sp³-hybridized carbons (Fsp3) is 0.506. The van der Waals surface area contributed by atoms with Crippen molar-refractivity contribution in [1.29, 1.82) is 0 Å². The van der Waals surface area contributed by atoms with Gasteiger partial charge in [-0.15, -0.1) is 11.8 Å². The lowest BCUT2D eigenvalue weighted by Crippen LogP contribution is -2.61. The lowest BCUT2D eigenvalue weighted by atomic mass is 10.00. The quantitative estimate of drug-likeness (QED) is 0.0245. The number of carboxylic acid groups (broad SMARTS) is 1. The SMILES string of the molecule is CCCC[C@H]1C(=O)N(C)[C@@H](CCCC)C(=O)N[C@@H](CC(=O)O)C(=O)N[C@H](CC(=O)NCC(N)=O)CSCC(=O)N[C@@H](Cc2ccc(O)cc2)C(=O)N(C)[C@@H](C)C(=O)N[C@@H](CC(N)=O)C(=O)N2CCC[C@H]2C(=O)N[C@@H](Cc2c[nH]cn2)C(=O)N[C@@H](CCC(N)=O)C(=O)N2C[C@H](O)C[C@H]2C(=O)N[C@@H](Cc2c[nH]c3ccccc23)C(=O)N[C@@H](CO)C(=O)N[C@@H](Cc2c[nH]c3ccccc23)C(=O)N1C. The number of primary amides is 3. The lowest BCUT2D eigenvalue weighted by molar-refractivity contribution is -0.150. The molecule has 0 radical (unpaired) electrons. The molecule has 0 saturated carbocycles. The summed E-state index contributed by atoms with van der Waals surface area (Å²) in [6.45, 7) is 2.24. The number of hydrogen-bond acceptors (Lipinski definition) is 24. The first kappa shape index (κ1) is 105. The number of aliphatic hydroxyl groups is 2. The van der Waals surface area contributed by atoms with Crippen molar-refractivity contribution in [2.24, 2.45) is 17.2 Å². The van der Waals surface area contributed by atoms with Crippen LogP contribution in [0, 0.1) is 0 Å². The Labute approximate surface area is 780 Å². The number of aromatic amines is 3. The number of unbranched alkanes of at least 4 members (excludes halogenated alkanes) is 2. The molecule has 730 valence electrons. The van der Waals surface area contributed by atoms with Gasteiger partial charge in [0, 0.05) is 131 Å². The van der Waals surface area contributed by atoms with Gasteiger partial charge in [-0.1, -0.05) is 88.1 Å². The highest BCUT2D eigenvalue weighted by molar-refractivity contribution is 8.00. The second kappa shape index (κ2) is 49.6. The molecule has 0 aliphatic carbocycles. The number of imidazole rings is 1. The van der Waals surface area contributed by atoms with Gasteiger partial charge in [0.1, 0.15) is 84.3 Å². The highest BCUT2D eigenvalue weighted by atomic mass is 32.2. The number of aliphatic carboxylic acids is 1. The van der Waals surface area contributed by atoms with E-state index in [4.69, 9.17) is 17.2 Å². The van der Waals surface area contributed by atoms with Crippen LogP contribution in [0.3, 0.4) is 0 Å². The maximum atomic E-state index is 15.7. The summed E-state index contributed by atoms with van der Waals surface area (Å²) >= 11 is 0.777. The van der Waals surface area contributed by atoms with Crippen molar-refractivity contribution in [1.82, 2.24) is 97.6 Å². The van der Waals surface area contributed by atoms with Crippen LogP contribution in [0.5, 0.6) is 5.75 Å². The Morgan fingerprint density at radius 3 is 1.64 bits per heavy atom. The molecule has 0 spiro atoms. The number of fused-ring (bicyclic) bond motifs is 4. The van der Waals surface area contributed by atoms with Crippen LogP contribution in [-0.2, 0) is 117 Å². The van der Waals surface area contributed by atoms with E-state index < -0.39 is 273 Å². The molecule has 3 aromatic carbocycles. The van der Waals surface area contributed by atoms with E-state index in [1.165, 1.54) is 64.9 Å². The Kier molecular flexibility index (Phi) is 38.5. The predicted octanol–water partition coefficient (Wildman–Crippen LogP) is -4.11. The number of para-hydroxylation sites is 2. The zero-order chi connectivity index (χ0) is 98.6. The molecule has 3 aromatic heterocycles. The van der Waals surface area contributed by atoms with E-state index in [0.29, 0.717) is 51.3 Å². The number of carbonyl (C=O) groups is 19. The number of likely N-dealkylation sites (N-methyl/N-ethyl adjacent to an activating group) is 3. The third-order valence-electron chi connectivity index (χ3n) is 23.9. The van der Waals surface area contributed by atoms with Crippen molar-refractivity contribution >= 4 is 146 Å². The number of aromatic hydroxyl groups is 1. The van der Waals surface area contributed by atoms with Crippen molar-refractivity contribution < 1.29 is 112 Å². The minimum absolute atomic E-state index is 0.0664. The van der Waals surface area contributed by atoms with E-state index in [-0.39, 0.29) is 81.5 Å². The first-order valence-corrected chi connectivity index (χ1v) is 45.6. The topological polar surface area (TPSA) is 680 Å². The van der Waals surface area contributed by atoms with Crippen LogP contribution in [0.1, 0.15) is 133 Å². The minimum Gasteiger partial charge on any atom is -0.508 e. The maximum absolute atomic E-state index is 15.7. The van der Waals surface area contributed by atoms with Gasteiger partial charge in [0.15, 0.2) is 0 Å². The maximum Gasteiger partial charge on any atom is 0.305 e. The van der Waals surface area contributed by atoms with Gasteiger partial charge in [-0.05, 0) is 80.0 Å². The number of nitrogens with two attached hydrogens (primary N) is 3. The van der Waals surface area contributed by atoms with Gasteiger partial charge in [0.05, 0.1) is 49.9 Å². The zero-order valence-corrected chi connectivity index (χ0v) is 76.6. The second-order valence-electron chi connectivity index (χ2n) is 33.9. The summed E-state index contributed by atoms with van der Waals surface area (Å²) in [5, 5.41) is 69.9. The standard InChI is InChI=1S/C89H120N22O23S/c1-7-9-20-67-82(127)103-62(37-76(120)121)78(123)98-52(34-74(118)96-41-73(92)117)44-135-45-75(119)99-63(30-48-23-25-53(113)26-24-48)85(130)107(4)47(3)77(122)104-65(36-72(91)116)88(133)110-29-15-22-68(110)83(128)102-61(33-51-40-93-46-97-51)80(125)100-59(27-28-71(90)115)87(132)111-42-54(114)35-70(111)84(129)101-60(31-49-38-94-57-18-13-11-16-55(49)57)79(124)106-66(43-112)81(126)105-64(32-50-39-95-58-19-14-12-17-56(50)58)86(131)109(6)69(21-10-8-2)89(134)108(67)5/h11-14,16-19,23-26,38-40,46-47,52,54,59-70,94-95,112-114H,7-10,15,20-22,27-37,41-45H2,1-6H3,(H2,90,115)(H2,91,116)(H2,92,117)(H,93,97)(H,96,118)(H,98,123)(H,99,119)(H,100,125)(H,101,129)(H,102,128)(H,103,127)(H,104,122)(H,105,126)(H,106,124)(H,120,121)/t47-,52+,54+,59-,60-,61-,62-,63-,64-,65-,66-,67-,68-,69-,70-/m0/s1. The van der Waals surface area contributed by atoms with Gasteiger partial charge < -0.3 is 130 Å². The molecule has 3 aliphatic heterocycles. The lowest BCUT2D eigenvalue weighted by Gasteiger charge is -2.36. The smallest absolute Gasteiger partial charge is 0.305 e. The largest absolute Gasteiger partial charge is 0.508 e. The molecule has 0 bridgehead atoms. The monoisotopic (exact) mass is 1900 g/mol. The number of hydrogen-bond donors (Lipinski definition) is 20. The fourth-order valence-electron chi connectivity index (χ4n) is 16.4. The molecule has 3 saturated heterocycles. The van der Waals surface area contributed by atoms with E-state index in [2.05, 4.69) is 73.1 Å². The van der Waals surface area contributed by atoms with Crippen LogP contribution in [0.25, 0.3) is 21.8 Å². The third kappa shape index (κ3) is 29.2. The molecule has 3 fully saturated rings. The Bertz CT molecular complexity index is 5280. The van der Waals surface area contributed by atoms with Gasteiger partial charge in [-0.25, -0.2) is 4.98 Å². The number of nitrogens with one attached hydrogen (secondary N) is 13. The molecular weight excluding hydrogens is 1780 g/mol. The van der Waals surface area contributed by atoms with Gasteiger partial charge >= 0.3 is 5.97 Å². The van der Waals surface area contributed by atoms with Gasteiger partial charge in [-0.3, -0.25) is 91.1 Å². The number of aliphatic hydroxyl groups excluding tert-OH is 2. The molecule has 6 heterocycles. The van der Waals surface area contributed by atoms with Gasteiger partial charge in [0.25, 0.3) is 0 Å². The molecule has 3 aliphatic rings. The first-order chi connectivity index (χ1) is 64.3. The highest BCUT2D eigenvalue weighted by Crippen LogP contribution is 2.28. The van der Waals surface area contributed by atoms with Crippen LogP contribution in [0.15, 0.2) is 97.7 Å². The Morgan fingerprint density at radius 2 is 1.05 bits per heavy atom. The number of rotatable bonds is 26. The Balaban J connectivity index is 1.10. The molecule has 46 heteroatoms. The van der Waals surface area contributed by atoms with E-state index in [9.17, 15) is 73.2 Å². The average Bonchev–Trinajstić information content (AvgIpc) is 1.71. The Morgan fingerprint density at radius 1 is 0.519 bits per heavy atom. The summed E-state index contributed by atoms with van der Waals surface area (Å²) in [4.78, 5) is 292. The van der Waals surface area contributed by atoms with Crippen LogP contribution in [0.2, 0.25) is 0 Å². The van der Waals surface area contributed by atoms with E-state index in [0.717, 1.165) is 36.3 Å². The number of thioether (sulfide) groups is 1. The van der Waals surface area contributed by atoms with Crippen molar-refractivity contribution in [2.75, 3.05) is 58.9 Å². The number of carboxylic acids is 1. The third-order valence-corrected chi connectivity index (χ3v) is 25.0. The summed E-state index contributed by atoms with van der Waals surface area (Å²) < 4.78 is 0. The first-order valence-electron chi connectivity index (χ1n) is 44.5. The van der Waals surface area contributed by atoms with Crippen LogP contribution >= 0.6 is 11.8 Å². The number of benzene rings is 3. The van der Waals surface area contributed by atoms with Gasteiger partial charge in [0.2, 0.25) is 106 Å². The predicted molar refractivity (Wildman–Crippen MR) is 486 cm³/mol. The molecule has 135 heavy (non-hydrogen) atoms. The van der Waals surface area contributed by atoms with Crippen molar-refractivity contribution in [2.45, 2.75) is 227 Å². The fourth-order valence-corrected chi connectivity index (χ4v) is 17.3. The van der Waals surface area contributed by atoms with Gasteiger partial charge in [-0.2, -0.15) is 0 Å². The second-order valence-corrected chi connectivity index (χ2v) is 34.9. The number of phenolic OH excluding ortho intramolecular Hbond substituents is 1. The molecule has 18 amide bonds. The van der Waals surface area contributed by atoms with Crippen molar-refractivity contribution in [3.63, 3.8) is 0 Å². The number of amides is 18. The van der Waals surface area contributed by atoms with Crippen molar-refractivity contribution in [3.05, 3.63) is 120 Å².